The van der Waals surface area contributed by atoms with Gasteiger partial charge in [-0.1, -0.05) is 0 Å². The summed E-state index contributed by atoms with van der Waals surface area (Å²) in [6.07, 6.45) is 0. The Morgan fingerprint density at radius 2 is 1.40 bits per heavy atom. The molecule has 0 spiro atoms. The van der Waals surface area contributed by atoms with E-state index in [1.165, 1.54) is 7.11 Å². The molecule has 0 saturated carbocycles. The summed E-state index contributed by atoms with van der Waals surface area (Å²) in [7, 11) is 4.68. The van der Waals surface area contributed by atoms with Crippen LogP contribution in [0.5, 0.6) is 17.2 Å². The summed E-state index contributed by atoms with van der Waals surface area (Å²) >= 11 is 0. The van der Waals surface area contributed by atoms with Crippen molar-refractivity contribution in [3.05, 3.63) is 53.6 Å². The number of hydrogen-bond acceptors (Lipinski definition) is 4. The summed E-state index contributed by atoms with van der Waals surface area (Å²) in [5, 5.41) is 0. The molecule has 4 heteroatoms. The van der Waals surface area contributed by atoms with Gasteiger partial charge in [0.1, 0.15) is 17.2 Å². The molecule has 0 aliphatic carbocycles. The van der Waals surface area contributed by atoms with Crippen LogP contribution in [0.2, 0.25) is 0 Å². The Morgan fingerprint density at radius 1 is 0.800 bits per heavy atom. The minimum absolute atomic E-state index is 0.122. The molecule has 0 aromatic heterocycles. The van der Waals surface area contributed by atoms with Crippen LogP contribution in [0.1, 0.15) is 15.9 Å². The molecule has 2 aromatic carbocycles. The van der Waals surface area contributed by atoms with Crippen LogP contribution < -0.4 is 14.2 Å². The number of carbonyl (C=O) groups excluding carboxylic acids is 1. The van der Waals surface area contributed by atoms with Crippen LogP contribution in [0.3, 0.4) is 0 Å². The Balaban J connectivity index is 2.40. The van der Waals surface area contributed by atoms with E-state index in [1.807, 2.05) is 0 Å². The van der Waals surface area contributed by atoms with Crippen molar-refractivity contribution >= 4 is 5.78 Å². The van der Waals surface area contributed by atoms with Crippen LogP contribution >= 0.6 is 0 Å². The van der Waals surface area contributed by atoms with Gasteiger partial charge in [-0.2, -0.15) is 0 Å². The van der Waals surface area contributed by atoms with Crippen molar-refractivity contribution < 1.29 is 19.0 Å². The van der Waals surface area contributed by atoms with Gasteiger partial charge in [-0.05, 0) is 42.5 Å². The number of methoxy groups -OCH3 is 3. The summed E-state index contributed by atoms with van der Waals surface area (Å²) < 4.78 is 15.5. The molecule has 4 nitrogen and oxygen atoms in total. The number of benzene rings is 2. The molecule has 0 atom stereocenters. The molecule has 0 heterocycles. The van der Waals surface area contributed by atoms with Crippen molar-refractivity contribution in [3.63, 3.8) is 0 Å². The Hall–Kier alpha value is -2.49. The number of rotatable bonds is 5. The van der Waals surface area contributed by atoms with Crippen LogP contribution in [0, 0.1) is 0 Å². The molecule has 0 unspecified atom stereocenters. The van der Waals surface area contributed by atoms with Gasteiger partial charge >= 0.3 is 0 Å². The number of hydrogen-bond donors (Lipinski definition) is 0. The van der Waals surface area contributed by atoms with E-state index in [1.54, 1.807) is 56.7 Å². The minimum Gasteiger partial charge on any atom is -0.497 e. The Kier molecular flexibility index (Phi) is 4.25. The van der Waals surface area contributed by atoms with Crippen molar-refractivity contribution in [1.82, 2.24) is 0 Å². The fraction of sp³-hybridized carbons (Fsp3) is 0.188. The Labute approximate surface area is 117 Å². The average molecular weight is 272 g/mol. The average Bonchev–Trinajstić information content (AvgIpc) is 2.53. The first kappa shape index (κ1) is 13.9. The molecule has 2 aromatic rings. The lowest BCUT2D eigenvalue weighted by atomic mass is 10.0. The summed E-state index contributed by atoms with van der Waals surface area (Å²) in [5.74, 6) is 1.72. The number of ether oxygens (including phenoxy) is 3. The standard InChI is InChI=1S/C16H16O4/c1-18-12-6-4-11(5-7-12)16(17)14-10-13(19-2)8-9-15(14)20-3/h4-10H,1-3H3. The highest BCUT2D eigenvalue weighted by molar-refractivity contribution is 6.11. The van der Waals surface area contributed by atoms with Gasteiger partial charge in [-0.25, -0.2) is 0 Å². The van der Waals surface area contributed by atoms with E-state index < -0.39 is 0 Å². The Morgan fingerprint density at radius 3 is 1.95 bits per heavy atom. The van der Waals surface area contributed by atoms with E-state index in [9.17, 15) is 4.79 Å². The quantitative estimate of drug-likeness (QED) is 0.785. The maximum absolute atomic E-state index is 12.5. The van der Waals surface area contributed by atoms with E-state index >= 15 is 0 Å². The monoisotopic (exact) mass is 272 g/mol. The van der Waals surface area contributed by atoms with Gasteiger partial charge in [-0.15, -0.1) is 0 Å². The summed E-state index contributed by atoms with van der Waals surface area (Å²) in [5.41, 5.74) is 1.04. The van der Waals surface area contributed by atoms with E-state index in [0.717, 1.165) is 0 Å². The third-order valence-electron chi connectivity index (χ3n) is 3.00. The highest BCUT2D eigenvalue weighted by Crippen LogP contribution is 2.26. The van der Waals surface area contributed by atoms with Gasteiger partial charge < -0.3 is 14.2 Å². The maximum atomic E-state index is 12.5. The van der Waals surface area contributed by atoms with Crippen molar-refractivity contribution in [2.24, 2.45) is 0 Å². The fourth-order valence-corrected chi connectivity index (χ4v) is 1.89. The highest BCUT2D eigenvalue weighted by atomic mass is 16.5. The van der Waals surface area contributed by atoms with E-state index in [0.29, 0.717) is 28.4 Å². The normalized spacial score (nSPS) is 9.95. The second-order valence-electron chi connectivity index (χ2n) is 4.12. The van der Waals surface area contributed by atoms with Gasteiger partial charge in [0, 0.05) is 5.56 Å². The van der Waals surface area contributed by atoms with Crippen LogP contribution in [0.4, 0.5) is 0 Å². The zero-order chi connectivity index (χ0) is 14.5. The van der Waals surface area contributed by atoms with E-state index in [-0.39, 0.29) is 5.78 Å². The first-order valence-corrected chi connectivity index (χ1v) is 6.10. The van der Waals surface area contributed by atoms with Crippen LogP contribution in [-0.2, 0) is 0 Å². The molecule has 0 aliphatic rings. The molecular formula is C16H16O4. The van der Waals surface area contributed by atoms with Crippen molar-refractivity contribution in [3.8, 4) is 17.2 Å². The molecule has 0 N–H and O–H groups in total. The molecular weight excluding hydrogens is 256 g/mol. The molecule has 2 rings (SSSR count). The lowest BCUT2D eigenvalue weighted by Gasteiger charge is -2.10. The van der Waals surface area contributed by atoms with E-state index in [2.05, 4.69) is 0 Å². The smallest absolute Gasteiger partial charge is 0.196 e. The van der Waals surface area contributed by atoms with E-state index in [4.69, 9.17) is 14.2 Å². The minimum atomic E-state index is -0.122. The van der Waals surface area contributed by atoms with Crippen molar-refractivity contribution in [2.75, 3.05) is 21.3 Å². The third-order valence-corrected chi connectivity index (χ3v) is 3.00. The lowest BCUT2D eigenvalue weighted by molar-refractivity contribution is 0.103. The van der Waals surface area contributed by atoms with Gasteiger partial charge in [0.05, 0.1) is 26.9 Å². The predicted molar refractivity (Wildman–Crippen MR) is 76.0 cm³/mol. The zero-order valence-corrected chi connectivity index (χ0v) is 11.7. The molecule has 0 radical (unpaired) electrons. The topological polar surface area (TPSA) is 44.8 Å². The highest BCUT2D eigenvalue weighted by Gasteiger charge is 2.15. The van der Waals surface area contributed by atoms with Crippen molar-refractivity contribution in [2.45, 2.75) is 0 Å². The molecule has 0 amide bonds. The van der Waals surface area contributed by atoms with Gasteiger partial charge in [0.25, 0.3) is 0 Å². The number of carbonyl (C=O) groups is 1. The van der Waals surface area contributed by atoms with Crippen LogP contribution in [0.25, 0.3) is 0 Å². The van der Waals surface area contributed by atoms with Crippen LogP contribution in [-0.4, -0.2) is 27.1 Å². The maximum Gasteiger partial charge on any atom is 0.196 e. The molecule has 0 fully saturated rings. The largest absolute Gasteiger partial charge is 0.497 e. The van der Waals surface area contributed by atoms with Gasteiger partial charge in [0.15, 0.2) is 5.78 Å². The van der Waals surface area contributed by atoms with Crippen molar-refractivity contribution in [1.29, 1.82) is 0 Å². The third kappa shape index (κ3) is 2.74. The van der Waals surface area contributed by atoms with Gasteiger partial charge in [0.2, 0.25) is 0 Å². The summed E-state index contributed by atoms with van der Waals surface area (Å²) in [6.45, 7) is 0. The summed E-state index contributed by atoms with van der Waals surface area (Å²) in [4.78, 5) is 12.5. The Bertz CT molecular complexity index is 602. The predicted octanol–water partition coefficient (Wildman–Crippen LogP) is 2.94. The first-order valence-electron chi connectivity index (χ1n) is 6.10. The SMILES string of the molecule is COc1ccc(C(=O)c2cc(OC)ccc2OC)cc1. The summed E-state index contributed by atoms with van der Waals surface area (Å²) in [6, 6.07) is 12.1. The van der Waals surface area contributed by atoms with Gasteiger partial charge in [-0.3, -0.25) is 4.79 Å². The fourth-order valence-electron chi connectivity index (χ4n) is 1.89. The molecule has 104 valence electrons. The molecule has 0 saturated heterocycles. The second kappa shape index (κ2) is 6.10. The molecule has 20 heavy (non-hydrogen) atoms. The lowest BCUT2D eigenvalue weighted by Crippen LogP contribution is -2.04. The molecule has 0 aliphatic heterocycles. The zero-order valence-electron chi connectivity index (χ0n) is 11.7. The van der Waals surface area contributed by atoms with Crippen LogP contribution in [0.15, 0.2) is 42.5 Å². The second-order valence-corrected chi connectivity index (χ2v) is 4.12. The first-order chi connectivity index (χ1) is 9.69. The number of ketones is 1. The molecule has 0 bridgehead atoms.